The van der Waals surface area contributed by atoms with Gasteiger partial charge in [-0.3, -0.25) is 0 Å². The summed E-state index contributed by atoms with van der Waals surface area (Å²) in [7, 11) is 1.72. The molecule has 4 aliphatic rings. The SMILES string of the molecule is COC[C@@]1(O)CC[C@H]2[C@@H](CC[C@@H]3[C@@H]2CC[C@]2(C)[C@@H]([C@@H](C)Cn4nnc(C)n4)CC[C@@H]32)C1. The van der Waals surface area contributed by atoms with Crippen LogP contribution in [0, 0.1) is 53.8 Å². The first-order chi connectivity index (χ1) is 14.8. The van der Waals surface area contributed by atoms with Crippen molar-refractivity contribution in [1.82, 2.24) is 20.2 Å². The Balaban J connectivity index is 1.28. The molecule has 9 atom stereocenters. The topological polar surface area (TPSA) is 73.1 Å². The van der Waals surface area contributed by atoms with Crippen LogP contribution in [0.5, 0.6) is 0 Å². The molecule has 4 fully saturated rings. The zero-order valence-electron chi connectivity index (χ0n) is 20.0. The minimum Gasteiger partial charge on any atom is -0.387 e. The van der Waals surface area contributed by atoms with E-state index in [9.17, 15) is 5.11 Å². The second kappa shape index (κ2) is 8.09. The number of rotatable bonds is 5. The van der Waals surface area contributed by atoms with Crippen LogP contribution in [0.15, 0.2) is 0 Å². The summed E-state index contributed by atoms with van der Waals surface area (Å²) in [6.07, 6.45) is 11.3. The average molecular weight is 431 g/mol. The lowest BCUT2D eigenvalue weighted by Gasteiger charge is -2.57. The Kier molecular flexibility index (Phi) is 5.69. The van der Waals surface area contributed by atoms with Gasteiger partial charge in [0.2, 0.25) is 0 Å². The van der Waals surface area contributed by atoms with E-state index in [2.05, 4.69) is 29.3 Å². The van der Waals surface area contributed by atoms with Gasteiger partial charge in [-0.1, -0.05) is 13.8 Å². The highest BCUT2D eigenvalue weighted by Gasteiger charge is 2.58. The maximum absolute atomic E-state index is 11.0. The number of tetrazole rings is 1. The van der Waals surface area contributed by atoms with E-state index >= 15 is 0 Å². The second-order valence-electron chi connectivity index (χ2n) is 11.9. The Hall–Kier alpha value is -1.01. The van der Waals surface area contributed by atoms with E-state index in [-0.39, 0.29) is 0 Å². The van der Waals surface area contributed by atoms with Crippen LogP contribution >= 0.6 is 0 Å². The van der Waals surface area contributed by atoms with Gasteiger partial charge >= 0.3 is 0 Å². The number of methoxy groups -OCH3 is 1. The normalized spacial score (nSPS) is 45.6. The molecule has 31 heavy (non-hydrogen) atoms. The molecule has 1 aromatic rings. The fourth-order valence-corrected chi connectivity index (χ4v) is 9.12. The van der Waals surface area contributed by atoms with E-state index in [0.29, 0.717) is 23.9 Å². The number of hydrogen-bond acceptors (Lipinski definition) is 5. The third kappa shape index (κ3) is 3.76. The highest BCUT2D eigenvalue weighted by molar-refractivity contribution is 5.07. The molecule has 4 aliphatic carbocycles. The van der Waals surface area contributed by atoms with Crippen LogP contribution in [0.25, 0.3) is 0 Å². The molecule has 0 radical (unpaired) electrons. The van der Waals surface area contributed by atoms with E-state index in [0.717, 1.165) is 54.8 Å². The van der Waals surface area contributed by atoms with E-state index in [1.54, 1.807) is 7.11 Å². The third-order valence-electron chi connectivity index (χ3n) is 10.3. The van der Waals surface area contributed by atoms with Crippen molar-refractivity contribution < 1.29 is 9.84 Å². The maximum Gasteiger partial charge on any atom is 0.171 e. The Labute approximate surface area is 187 Å². The summed E-state index contributed by atoms with van der Waals surface area (Å²) in [4.78, 5) is 1.82. The molecule has 6 heteroatoms. The number of hydrogen-bond donors (Lipinski definition) is 1. The highest BCUT2D eigenvalue weighted by atomic mass is 16.5. The summed E-state index contributed by atoms with van der Waals surface area (Å²) >= 11 is 0. The number of aryl methyl sites for hydroxylation is 1. The Bertz CT molecular complexity index is 783. The number of aromatic nitrogens is 4. The van der Waals surface area contributed by atoms with Gasteiger partial charge in [-0.2, -0.15) is 4.80 Å². The second-order valence-corrected chi connectivity index (χ2v) is 11.9. The maximum atomic E-state index is 11.0. The van der Waals surface area contributed by atoms with Crippen molar-refractivity contribution in [1.29, 1.82) is 0 Å². The molecule has 5 rings (SSSR count). The van der Waals surface area contributed by atoms with Gasteiger partial charge in [0.25, 0.3) is 0 Å². The predicted molar refractivity (Wildman–Crippen MR) is 119 cm³/mol. The Morgan fingerprint density at radius 3 is 2.65 bits per heavy atom. The van der Waals surface area contributed by atoms with Gasteiger partial charge in [0.1, 0.15) is 0 Å². The number of aliphatic hydroxyl groups is 1. The lowest BCUT2D eigenvalue weighted by atomic mass is 9.48. The fraction of sp³-hybridized carbons (Fsp3) is 0.960. The minimum absolute atomic E-state index is 0.467. The van der Waals surface area contributed by atoms with Crippen LogP contribution in [0.2, 0.25) is 0 Å². The van der Waals surface area contributed by atoms with Crippen molar-refractivity contribution in [2.75, 3.05) is 13.7 Å². The van der Waals surface area contributed by atoms with E-state index in [4.69, 9.17) is 4.74 Å². The first-order valence-corrected chi connectivity index (χ1v) is 12.8. The molecule has 0 unspecified atom stereocenters. The highest BCUT2D eigenvalue weighted by Crippen LogP contribution is 2.65. The fourth-order valence-electron chi connectivity index (χ4n) is 9.12. The molecule has 4 saturated carbocycles. The molecule has 6 nitrogen and oxygen atoms in total. The smallest absolute Gasteiger partial charge is 0.171 e. The molecule has 0 spiro atoms. The number of nitrogens with zero attached hydrogens (tertiary/aromatic N) is 4. The molecule has 1 heterocycles. The van der Waals surface area contributed by atoms with Crippen LogP contribution in [0.4, 0.5) is 0 Å². The third-order valence-corrected chi connectivity index (χ3v) is 10.3. The van der Waals surface area contributed by atoms with Crippen molar-refractivity contribution in [2.24, 2.45) is 46.8 Å². The minimum atomic E-state index is -0.576. The van der Waals surface area contributed by atoms with Gasteiger partial charge in [0.05, 0.1) is 18.8 Å². The quantitative estimate of drug-likeness (QED) is 0.755. The summed E-state index contributed by atoms with van der Waals surface area (Å²) in [5.41, 5.74) is -0.109. The molecule has 1 N–H and O–H groups in total. The van der Waals surface area contributed by atoms with Crippen LogP contribution in [0.3, 0.4) is 0 Å². The van der Waals surface area contributed by atoms with Gasteiger partial charge in [0.15, 0.2) is 5.82 Å². The molecule has 1 aromatic heterocycles. The van der Waals surface area contributed by atoms with E-state index < -0.39 is 5.60 Å². The van der Waals surface area contributed by atoms with Crippen LogP contribution in [-0.2, 0) is 11.3 Å². The summed E-state index contributed by atoms with van der Waals surface area (Å²) in [5, 5.41) is 23.7. The molecule has 0 aromatic carbocycles. The van der Waals surface area contributed by atoms with E-state index in [1.807, 2.05) is 11.7 Å². The largest absolute Gasteiger partial charge is 0.387 e. The molecule has 0 bridgehead atoms. The predicted octanol–water partition coefficient (Wildman–Crippen LogP) is 4.26. The van der Waals surface area contributed by atoms with Crippen molar-refractivity contribution in [3.63, 3.8) is 0 Å². The lowest BCUT2D eigenvalue weighted by Crippen LogP contribution is -2.52. The standard InChI is InChI=1S/C25H42N4O2/c1-16(14-29-27-17(2)26-28-29)22-7-8-23-21-6-5-18-13-25(30,15-31-4)12-10-19(18)20(21)9-11-24(22,23)3/h16,18-23,30H,5-15H2,1-4H3/t16-,18-,19-,20+,21+,22+,23-,24+,25+/m0/s1. The van der Waals surface area contributed by atoms with Gasteiger partial charge in [-0.05, 0) is 117 Å². The van der Waals surface area contributed by atoms with Crippen molar-refractivity contribution in [3.8, 4) is 0 Å². The van der Waals surface area contributed by atoms with Crippen molar-refractivity contribution >= 4 is 0 Å². The van der Waals surface area contributed by atoms with Gasteiger partial charge in [0, 0.05) is 7.11 Å². The summed E-state index contributed by atoms with van der Waals surface area (Å²) < 4.78 is 5.35. The first-order valence-electron chi connectivity index (χ1n) is 12.8. The lowest BCUT2D eigenvalue weighted by molar-refractivity contribution is -0.126. The molecule has 174 valence electrons. The molecule has 0 aliphatic heterocycles. The van der Waals surface area contributed by atoms with Crippen molar-refractivity contribution in [2.45, 2.75) is 90.7 Å². The summed E-state index contributed by atoms with van der Waals surface area (Å²) in [5.74, 6) is 6.33. The van der Waals surface area contributed by atoms with Crippen LogP contribution < -0.4 is 0 Å². The van der Waals surface area contributed by atoms with Crippen molar-refractivity contribution in [3.05, 3.63) is 5.82 Å². The number of ether oxygens (including phenoxy) is 1. The molecular formula is C25H42N4O2. The molecule has 0 saturated heterocycles. The number of fused-ring (bicyclic) bond motifs is 5. The zero-order chi connectivity index (χ0) is 21.8. The van der Waals surface area contributed by atoms with Gasteiger partial charge in [-0.25, -0.2) is 0 Å². The molecule has 0 amide bonds. The average Bonchev–Trinajstić information content (AvgIpc) is 3.29. The summed E-state index contributed by atoms with van der Waals surface area (Å²) in [6, 6.07) is 0. The first kappa shape index (κ1) is 21.8. The van der Waals surface area contributed by atoms with Gasteiger partial charge in [-0.15, -0.1) is 10.2 Å². The van der Waals surface area contributed by atoms with Gasteiger partial charge < -0.3 is 9.84 Å². The summed E-state index contributed by atoms with van der Waals surface area (Å²) in [6.45, 7) is 8.35. The Morgan fingerprint density at radius 2 is 1.90 bits per heavy atom. The van der Waals surface area contributed by atoms with Crippen LogP contribution in [-0.4, -0.2) is 44.6 Å². The van der Waals surface area contributed by atoms with Crippen LogP contribution in [0.1, 0.15) is 77.5 Å². The zero-order valence-corrected chi connectivity index (χ0v) is 20.0. The monoisotopic (exact) mass is 430 g/mol. The Morgan fingerprint density at radius 1 is 1.10 bits per heavy atom. The molecular weight excluding hydrogens is 388 g/mol. The van der Waals surface area contributed by atoms with E-state index in [1.165, 1.54) is 44.9 Å².